The van der Waals surface area contributed by atoms with Crippen LogP contribution in [0.1, 0.15) is 42.5 Å². The van der Waals surface area contributed by atoms with Gasteiger partial charge in [-0.2, -0.15) is 0 Å². The Labute approximate surface area is 113 Å². The molecule has 1 amide bonds. The van der Waals surface area contributed by atoms with E-state index in [0.717, 1.165) is 32.1 Å². The predicted molar refractivity (Wildman–Crippen MR) is 75.9 cm³/mol. The number of primary amides is 1. The van der Waals surface area contributed by atoms with Crippen molar-refractivity contribution in [3.63, 3.8) is 0 Å². The molecule has 5 heteroatoms. The molecule has 0 aromatic heterocycles. The highest BCUT2D eigenvalue weighted by Gasteiger charge is 2.22. The van der Waals surface area contributed by atoms with Crippen LogP contribution in [-0.2, 0) is 0 Å². The Morgan fingerprint density at radius 2 is 2.00 bits per heavy atom. The molecule has 2 rings (SSSR count). The highest BCUT2D eigenvalue weighted by molar-refractivity contribution is 5.94. The van der Waals surface area contributed by atoms with Crippen molar-refractivity contribution in [2.75, 3.05) is 11.1 Å². The van der Waals surface area contributed by atoms with E-state index in [1.807, 2.05) is 0 Å². The van der Waals surface area contributed by atoms with Gasteiger partial charge < -0.3 is 21.9 Å². The van der Waals surface area contributed by atoms with E-state index in [2.05, 4.69) is 5.32 Å². The molecule has 1 aliphatic rings. The van der Waals surface area contributed by atoms with Crippen LogP contribution in [-0.4, -0.2) is 23.2 Å². The van der Waals surface area contributed by atoms with Gasteiger partial charge in [-0.3, -0.25) is 4.79 Å². The standard InChI is InChI=1S/C14H21N3O2/c15-10-7-6-9(14(16)19)8-12(10)17-11-4-2-1-3-5-13(11)18/h6-8,11,13,17-18H,1-5,15H2,(H2,16,19). The molecule has 0 spiro atoms. The Morgan fingerprint density at radius 1 is 1.26 bits per heavy atom. The number of rotatable bonds is 3. The van der Waals surface area contributed by atoms with Crippen LogP contribution in [0.2, 0.25) is 0 Å². The average molecular weight is 263 g/mol. The molecule has 1 fully saturated rings. The molecule has 104 valence electrons. The van der Waals surface area contributed by atoms with Crippen LogP contribution in [0, 0.1) is 0 Å². The van der Waals surface area contributed by atoms with Crippen molar-refractivity contribution in [2.45, 2.75) is 44.2 Å². The average Bonchev–Trinajstić information content (AvgIpc) is 2.57. The third kappa shape index (κ3) is 3.38. The largest absolute Gasteiger partial charge is 0.397 e. The zero-order chi connectivity index (χ0) is 13.8. The second-order valence-corrected chi connectivity index (χ2v) is 5.12. The first kappa shape index (κ1) is 13.7. The number of anilines is 2. The van der Waals surface area contributed by atoms with Gasteiger partial charge in [0.2, 0.25) is 5.91 Å². The molecule has 6 N–H and O–H groups in total. The fraction of sp³-hybridized carbons (Fsp3) is 0.500. The van der Waals surface area contributed by atoms with Crippen LogP contribution >= 0.6 is 0 Å². The lowest BCUT2D eigenvalue weighted by atomic mass is 10.0. The van der Waals surface area contributed by atoms with Gasteiger partial charge in [-0.25, -0.2) is 0 Å². The summed E-state index contributed by atoms with van der Waals surface area (Å²) in [7, 11) is 0. The summed E-state index contributed by atoms with van der Waals surface area (Å²) >= 11 is 0. The molecule has 5 nitrogen and oxygen atoms in total. The Balaban J connectivity index is 2.16. The normalized spacial score (nSPS) is 23.6. The summed E-state index contributed by atoms with van der Waals surface area (Å²) in [5.41, 5.74) is 12.8. The van der Waals surface area contributed by atoms with Crippen LogP contribution in [0.25, 0.3) is 0 Å². The summed E-state index contributed by atoms with van der Waals surface area (Å²) in [6, 6.07) is 4.89. The fourth-order valence-electron chi connectivity index (χ4n) is 2.49. The van der Waals surface area contributed by atoms with E-state index in [-0.39, 0.29) is 12.1 Å². The topological polar surface area (TPSA) is 101 Å². The number of carbonyl (C=O) groups excluding carboxylic acids is 1. The van der Waals surface area contributed by atoms with Gasteiger partial charge in [-0.15, -0.1) is 0 Å². The van der Waals surface area contributed by atoms with Gasteiger partial charge in [0.1, 0.15) is 0 Å². The Hall–Kier alpha value is -1.75. The summed E-state index contributed by atoms with van der Waals surface area (Å²) in [5.74, 6) is -0.482. The molecule has 0 bridgehead atoms. The lowest BCUT2D eigenvalue weighted by Crippen LogP contribution is -2.32. The second kappa shape index (κ2) is 5.93. The number of benzene rings is 1. The summed E-state index contributed by atoms with van der Waals surface area (Å²) in [4.78, 5) is 11.2. The number of nitrogens with two attached hydrogens (primary N) is 2. The maximum atomic E-state index is 11.2. The van der Waals surface area contributed by atoms with Crippen molar-refractivity contribution in [2.24, 2.45) is 5.73 Å². The lowest BCUT2D eigenvalue weighted by molar-refractivity contribution is 0.100. The molecule has 1 aromatic carbocycles. The highest BCUT2D eigenvalue weighted by atomic mass is 16.3. The van der Waals surface area contributed by atoms with Gasteiger partial charge in [-0.05, 0) is 31.0 Å². The molecule has 0 saturated heterocycles. The number of hydrogen-bond donors (Lipinski definition) is 4. The third-order valence-corrected chi connectivity index (χ3v) is 3.66. The number of hydrogen-bond acceptors (Lipinski definition) is 4. The zero-order valence-corrected chi connectivity index (χ0v) is 10.9. The molecule has 1 aliphatic carbocycles. The van der Waals surface area contributed by atoms with Gasteiger partial charge in [0.25, 0.3) is 0 Å². The first-order valence-corrected chi connectivity index (χ1v) is 6.72. The van der Waals surface area contributed by atoms with Crippen molar-refractivity contribution in [1.82, 2.24) is 0 Å². The van der Waals surface area contributed by atoms with Crippen molar-refractivity contribution in [3.05, 3.63) is 23.8 Å². The minimum Gasteiger partial charge on any atom is -0.397 e. The second-order valence-electron chi connectivity index (χ2n) is 5.12. The summed E-state index contributed by atoms with van der Waals surface area (Å²) in [5, 5.41) is 13.3. The van der Waals surface area contributed by atoms with Gasteiger partial charge in [0.15, 0.2) is 0 Å². The molecular weight excluding hydrogens is 242 g/mol. The van der Waals surface area contributed by atoms with E-state index in [0.29, 0.717) is 16.9 Å². The molecule has 0 radical (unpaired) electrons. The highest BCUT2D eigenvalue weighted by Crippen LogP contribution is 2.25. The number of nitrogens with one attached hydrogen (secondary N) is 1. The van der Waals surface area contributed by atoms with Crippen LogP contribution in [0.4, 0.5) is 11.4 Å². The van der Waals surface area contributed by atoms with Gasteiger partial charge in [0, 0.05) is 5.56 Å². The first-order chi connectivity index (χ1) is 9.08. The van der Waals surface area contributed by atoms with E-state index >= 15 is 0 Å². The maximum Gasteiger partial charge on any atom is 0.248 e. The van der Waals surface area contributed by atoms with Crippen molar-refractivity contribution in [3.8, 4) is 0 Å². The SMILES string of the molecule is NC(=O)c1ccc(N)c(NC2CCCCCC2O)c1. The summed E-state index contributed by atoms with van der Waals surface area (Å²) in [6.07, 6.45) is 4.61. The van der Waals surface area contributed by atoms with E-state index in [9.17, 15) is 9.90 Å². The molecule has 2 unspecified atom stereocenters. The van der Waals surface area contributed by atoms with Gasteiger partial charge in [-0.1, -0.05) is 19.3 Å². The zero-order valence-electron chi connectivity index (χ0n) is 10.9. The smallest absolute Gasteiger partial charge is 0.248 e. The summed E-state index contributed by atoms with van der Waals surface area (Å²) in [6.45, 7) is 0. The molecule has 0 aliphatic heterocycles. The molecule has 2 atom stereocenters. The lowest BCUT2D eigenvalue weighted by Gasteiger charge is -2.24. The van der Waals surface area contributed by atoms with Crippen LogP contribution < -0.4 is 16.8 Å². The van der Waals surface area contributed by atoms with E-state index in [1.165, 1.54) is 0 Å². The minimum atomic E-state index is -0.482. The molecule has 1 aromatic rings. The minimum absolute atomic E-state index is 0.0204. The predicted octanol–water partition coefficient (Wildman–Crippen LogP) is 1.47. The van der Waals surface area contributed by atoms with E-state index < -0.39 is 5.91 Å². The van der Waals surface area contributed by atoms with Gasteiger partial charge in [0.05, 0.1) is 23.5 Å². The molecular formula is C14H21N3O2. The number of carbonyl (C=O) groups is 1. The van der Waals surface area contributed by atoms with Crippen LogP contribution in [0.15, 0.2) is 18.2 Å². The molecule has 0 heterocycles. The van der Waals surface area contributed by atoms with E-state index in [4.69, 9.17) is 11.5 Å². The molecule has 1 saturated carbocycles. The monoisotopic (exact) mass is 263 g/mol. The Morgan fingerprint density at radius 3 is 2.74 bits per heavy atom. The van der Waals surface area contributed by atoms with Crippen molar-refractivity contribution in [1.29, 1.82) is 0 Å². The quantitative estimate of drug-likeness (QED) is 0.490. The van der Waals surface area contributed by atoms with E-state index in [1.54, 1.807) is 18.2 Å². The van der Waals surface area contributed by atoms with Gasteiger partial charge >= 0.3 is 0 Å². The van der Waals surface area contributed by atoms with Crippen molar-refractivity contribution < 1.29 is 9.90 Å². The Bertz CT molecular complexity index is 462. The number of amides is 1. The van der Waals surface area contributed by atoms with Crippen LogP contribution in [0.3, 0.4) is 0 Å². The van der Waals surface area contributed by atoms with Crippen LogP contribution in [0.5, 0.6) is 0 Å². The molecule has 19 heavy (non-hydrogen) atoms. The third-order valence-electron chi connectivity index (χ3n) is 3.66. The maximum absolute atomic E-state index is 11.2. The number of nitrogen functional groups attached to an aromatic ring is 1. The number of aliphatic hydroxyl groups excluding tert-OH is 1. The summed E-state index contributed by atoms with van der Waals surface area (Å²) < 4.78 is 0. The Kier molecular flexibility index (Phi) is 4.27. The first-order valence-electron chi connectivity index (χ1n) is 6.72. The fourth-order valence-corrected chi connectivity index (χ4v) is 2.49. The number of aliphatic hydroxyl groups is 1. The van der Waals surface area contributed by atoms with Crippen molar-refractivity contribution >= 4 is 17.3 Å².